The second-order valence-electron chi connectivity index (χ2n) is 5.79. The van der Waals surface area contributed by atoms with Gasteiger partial charge >= 0.3 is 5.97 Å². The summed E-state index contributed by atoms with van der Waals surface area (Å²) in [5, 5.41) is 12.8. The fourth-order valence-electron chi connectivity index (χ4n) is 2.02. The minimum atomic E-state index is -0.916. The van der Waals surface area contributed by atoms with E-state index in [1.54, 1.807) is 44.2 Å². The lowest BCUT2D eigenvalue weighted by molar-refractivity contribution is -0.147. The number of nitrogens with one attached hydrogen (secondary N) is 2. The smallest absolute Gasteiger partial charge is 0.309 e. The number of rotatable bonds is 5. The molecule has 0 aliphatic rings. The summed E-state index contributed by atoms with van der Waals surface area (Å²) in [4.78, 5) is 37.5. The maximum atomic E-state index is 12.1. The normalized spacial score (nSPS) is 11.4. The molecular formula is C16H18N2O4. The van der Waals surface area contributed by atoms with Crippen LogP contribution in [0.15, 0.2) is 35.1 Å². The van der Waals surface area contributed by atoms with Gasteiger partial charge < -0.3 is 15.4 Å². The van der Waals surface area contributed by atoms with E-state index in [-0.39, 0.29) is 17.8 Å². The van der Waals surface area contributed by atoms with Crippen LogP contribution in [0.2, 0.25) is 0 Å². The van der Waals surface area contributed by atoms with E-state index in [4.69, 9.17) is 5.11 Å². The van der Waals surface area contributed by atoms with Crippen LogP contribution in [-0.4, -0.2) is 28.5 Å². The third kappa shape index (κ3) is 3.33. The Hall–Kier alpha value is -2.63. The topological polar surface area (TPSA) is 99.3 Å². The maximum absolute atomic E-state index is 12.1. The Balaban J connectivity index is 2.11. The average molecular weight is 302 g/mol. The number of hydrogen-bond acceptors (Lipinski definition) is 3. The second kappa shape index (κ2) is 6.01. The molecule has 1 amide bonds. The van der Waals surface area contributed by atoms with Gasteiger partial charge in [0.2, 0.25) is 0 Å². The van der Waals surface area contributed by atoms with Crippen molar-refractivity contribution >= 4 is 22.6 Å². The van der Waals surface area contributed by atoms with Gasteiger partial charge in [0.1, 0.15) is 5.69 Å². The fourth-order valence-corrected chi connectivity index (χ4v) is 2.02. The Morgan fingerprint density at radius 2 is 1.95 bits per heavy atom. The number of H-pyrrole nitrogens is 1. The summed E-state index contributed by atoms with van der Waals surface area (Å²) in [6, 6.07) is 8.60. The molecule has 0 unspecified atom stereocenters. The van der Waals surface area contributed by atoms with Crippen LogP contribution in [0.5, 0.6) is 0 Å². The molecule has 0 radical (unpaired) electrons. The van der Waals surface area contributed by atoms with Crippen LogP contribution in [0.3, 0.4) is 0 Å². The zero-order valence-electron chi connectivity index (χ0n) is 12.5. The first kappa shape index (κ1) is 15.8. The second-order valence-corrected chi connectivity index (χ2v) is 5.79. The van der Waals surface area contributed by atoms with E-state index >= 15 is 0 Å². The van der Waals surface area contributed by atoms with Crippen molar-refractivity contribution in [1.82, 2.24) is 10.3 Å². The summed E-state index contributed by atoms with van der Waals surface area (Å²) in [7, 11) is 0. The summed E-state index contributed by atoms with van der Waals surface area (Å²) < 4.78 is 0. The molecule has 2 aromatic rings. The van der Waals surface area contributed by atoms with E-state index in [9.17, 15) is 14.4 Å². The Labute approximate surface area is 127 Å². The fraction of sp³-hybridized carbons (Fsp3) is 0.312. The molecule has 1 aromatic carbocycles. The number of carboxylic acid groups (broad SMARTS) is 1. The van der Waals surface area contributed by atoms with Gasteiger partial charge in [0.05, 0.1) is 5.41 Å². The SMILES string of the molecule is CC(C)(CCNC(=O)c1cc2ccccc2c(=O)[nH]1)C(=O)O. The van der Waals surface area contributed by atoms with E-state index < -0.39 is 17.3 Å². The van der Waals surface area contributed by atoms with Crippen molar-refractivity contribution in [3.63, 3.8) is 0 Å². The molecule has 6 nitrogen and oxygen atoms in total. The zero-order valence-corrected chi connectivity index (χ0v) is 12.5. The standard InChI is InChI=1S/C16H18N2O4/c1-16(2,15(21)22)7-8-17-14(20)12-9-10-5-3-4-6-11(10)13(19)18-12/h3-6,9H,7-8H2,1-2H3,(H,17,20)(H,18,19)(H,21,22). The van der Waals surface area contributed by atoms with Crippen molar-refractivity contribution in [3.8, 4) is 0 Å². The van der Waals surface area contributed by atoms with Gasteiger partial charge in [0.15, 0.2) is 0 Å². The molecule has 1 heterocycles. The van der Waals surface area contributed by atoms with E-state index in [1.165, 1.54) is 0 Å². The minimum absolute atomic E-state index is 0.164. The molecule has 0 aliphatic carbocycles. The van der Waals surface area contributed by atoms with Gasteiger partial charge in [-0.1, -0.05) is 18.2 Å². The highest BCUT2D eigenvalue weighted by atomic mass is 16.4. The molecule has 3 N–H and O–H groups in total. The highest BCUT2D eigenvalue weighted by Crippen LogP contribution is 2.19. The van der Waals surface area contributed by atoms with Crippen LogP contribution in [0.25, 0.3) is 10.8 Å². The highest BCUT2D eigenvalue weighted by molar-refractivity contribution is 5.96. The average Bonchev–Trinajstić information content (AvgIpc) is 2.46. The van der Waals surface area contributed by atoms with Crippen LogP contribution in [0, 0.1) is 5.41 Å². The summed E-state index contributed by atoms with van der Waals surface area (Å²) >= 11 is 0. The van der Waals surface area contributed by atoms with Crippen LogP contribution in [-0.2, 0) is 4.79 Å². The first-order chi connectivity index (χ1) is 10.3. The molecule has 0 saturated heterocycles. The molecule has 2 rings (SSSR count). The van der Waals surface area contributed by atoms with Crippen molar-refractivity contribution in [2.75, 3.05) is 6.54 Å². The van der Waals surface area contributed by atoms with Gasteiger partial charge in [-0.05, 0) is 37.8 Å². The number of carbonyl (C=O) groups is 2. The number of carboxylic acids is 1. The zero-order chi connectivity index (χ0) is 16.3. The van der Waals surface area contributed by atoms with Crippen LogP contribution in [0.4, 0.5) is 0 Å². The predicted molar refractivity (Wildman–Crippen MR) is 82.9 cm³/mol. The number of aromatic amines is 1. The van der Waals surface area contributed by atoms with Crippen molar-refractivity contribution in [3.05, 3.63) is 46.4 Å². The van der Waals surface area contributed by atoms with Crippen molar-refractivity contribution < 1.29 is 14.7 Å². The monoisotopic (exact) mass is 302 g/mol. The largest absolute Gasteiger partial charge is 0.481 e. The number of amides is 1. The van der Waals surface area contributed by atoms with Crippen molar-refractivity contribution in [2.45, 2.75) is 20.3 Å². The van der Waals surface area contributed by atoms with Crippen LogP contribution < -0.4 is 10.9 Å². The molecule has 0 spiro atoms. The van der Waals surface area contributed by atoms with E-state index in [2.05, 4.69) is 10.3 Å². The molecular weight excluding hydrogens is 284 g/mol. The molecule has 6 heteroatoms. The molecule has 0 atom stereocenters. The van der Waals surface area contributed by atoms with Gasteiger partial charge in [0, 0.05) is 11.9 Å². The van der Waals surface area contributed by atoms with Crippen molar-refractivity contribution in [2.24, 2.45) is 5.41 Å². The Kier molecular flexibility index (Phi) is 4.30. The molecule has 22 heavy (non-hydrogen) atoms. The molecule has 0 bridgehead atoms. The molecule has 0 saturated carbocycles. The third-order valence-corrected chi connectivity index (χ3v) is 3.61. The molecule has 116 valence electrons. The number of aliphatic carboxylic acids is 1. The molecule has 0 aliphatic heterocycles. The van der Waals surface area contributed by atoms with Crippen LogP contribution >= 0.6 is 0 Å². The first-order valence-electron chi connectivity index (χ1n) is 6.95. The number of benzene rings is 1. The lowest BCUT2D eigenvalue weighted by Crippen LogP contribution is -2.32. The predicted octanol–water partition coefficient (Wildman–Crippen LogP) is 1.76. The van der Waals surface area contributed by atoms with E-state index in [0.29, 0.717) is 17.2 Å². The number of aromatic nitrogens is 1. The minimum Gasteiger partial charge on any atom is -0.481 e. The van der Waals surface area contributed by atoms with Gasteiger partial charge in [-0.3, -0.25) is 14.4 Å². The van der Waals surface area contributed by atoms with Gasteiger partial charge in [0.25, 0.3) is 11.5 Å². The highest BCUT2D eigenvalue weighted by Gasteiger charge is 2.26. The van der Waals surface area contributed by atoms with Gasteiger partial charge in [-0.2, -0.15) is 0 Å². The number of carbonyl (C=O) groups excluding carboxylic acids is 1. The lowest BCUT2D eigenvalue weighted by atomic mass is 9.90. The van der Waals surface area contributed by atoms with E-state index in [1.807, 2.05) is 0 Å². The maximum Gasteiger partial charge on any atom is 0.309 e. The summed E-state index contributed by atoms with van der Waals surface area (Å²) in [5.41, 5.74) is -1.07. The Morgan fingerprint density at radius 3 is 2.64 bits per heavy atom. The van der Waals surface area contributed by atoms with Crippen molar-refractivity contribution in [1.29, 1.82) is 0 Å². The van der Waals surface area contributed by atoms with E-state index in [0.717, 1.165) is 0 Å². The summed E-state index contributed by atoms with van der Waals surface area (Å²) in [6.45, 7) is 3.41. The van der Waals surface area contributed by atoms with Gasteiger partial charge in [-0.15, -0.1) is 0 Å². The first-order valence-corrected chi connectivity index (χ1v) is 6.95. The lowest BCUT2D eigenvalue weighted by Gasteiger charge is -2.18. The molecule has 1 aromatic heterocycles. The Bertz CT molecular complexity index is 777. The summed E-state index contributed by atoms with van der Waals surface area (Å²) in [6.07, 6.45) is 0.298. The number of fused-ring (bicyclic) bond motifs is 1. The summed E-state index contributed by atoms with van der Waals surface area (Å²) in [5.74, 6) is -1.34. The number of pyridine rings is 1. The quantitative estimate of drug-likeness (QED) is 0.783. The van der Waals surface area contributed by atoms with Crippen LogP contribution in [0.1, 0.15) is 30.8 Å². The molecule has 0 fully saturated rings. The third-order valence-electron chi connectivity index (χ3n) is 3.61. The van der Waals surface area contributed by atoms with Gasteiger partial charge in [-0.25, -0.2) is 0 Å². The number of hydrogen-bond donors (Lipinski definition) is 3. The Morgan fingerprint density at radius 1 is 1.27 bits per heavy atom.